The van der Waals surface area contributed by atoms with Crippen LogP contribution < -0.4 is 5.32 Å². The smallest absolute Gasteiger partial charge is 0.309 e. The molecule has 112 valence electrons. The molecule has 0 saturated heterocycles. The van der Waals surface area contributed by atoms with Gasteiger partial charge in [0.1, 0.15) is 0 Å². The van der Waals surface area contributed by atoms with E-state index in [9.17, 15) is 19.7 Å². The Morgan fingerprint density at radius 3 is 2.71 bits per heavy atom. The molecule has 0 spiro atoms. The van der Waals surface area contributed by atoms with Crippen LogP contribution in [0, 0.1) is 16.0 Å². The lowest BCUT2D eigenvalue weighted by molar-refractivity contribution is -0.384. The first-order valence-electron chi connectivity index (χ1n) is 6.77. The summed E-state index contributed by atoms with van der Waals surface area (Å²) in [7, 11) is 0. The zero-order chi connectivity index (χ0) is 15.2. The van der Waals surface area contributed by atoms with Crippen molar-refractivity contribution in [1.29, 1.82) is 0 Å². The normalized spacial score (nSPS) is 14.7. The van der Waals surface area contributed by atoms with E-state index in [1.54, 1.807) is 0 Å². The Morgan fingerprint density at radius 1 is 1.33 bits per heavy atom. The number of nitrogens with one attached hydrogen (secondary N) is 1. The summed E-state index contributed by atoms with van der Waals surface area (Å²) in [5, 5.41) is 13.1. The zero-order valence-electron chi connectivity index (χ0n) is 11.4. The van der Waals surface area contributed by atoms with Crippen LogP contribution in [0.3, 0.4) is 0 Å². The summed E-state index contributed by atoms with van der Waals surface area (Å²) in [6.45, 7) is -0.377. The number of benzene rings is 1. The number of ether oxygens (including phenoxy) is 1. The molecule has 1 fully saturated rings. The first kappa shape index (κ1) is 15.0. The largest absolute Gasteiger partial charge is 0.455 e. The molecular formula is C14H16N2O5. The molecule has 1 aliphatic rings. The highest BCUT2D eigenvalue weighted by atomic mass is 16.6. The molecule has 1 saturated carbocycles. The summed E-state index contributed by atoms with van der Waals surface area (Å²) >= 11 is 0. The highest BCUT2D eigenvalue weighted by Crippen LogP contribution is 2.25. The molecule has 0 unspecified atom stereocenters. The van der Waals surface area contributed by atoms with E-state index in [-0.39, 0.29) is 24.2 Å². The Bertz CT molecular complexity index is 552. The minimum atomic E-state index is -0.546. The minimum absolute atomic E-state index is 0.101. The van der Waals surface area contributed by atoms with E-state index in [2.05, 4.69) is 5.32 Å². The topological polar surface area (TPSA) is 98.5 Å². The lowest BCUT2D eigenvalue weighted by Gasteiger charge is -2.09. The van der Waals surface area contributed by atoms with Gasteiger partial charge in [0.15, 0.2) is 6.61 Å². The third-order valence-corrected chi connectivity index (χ3v) is 3.37. The number of hydrogen-bond donors (Lipinski definition) is 1. The van der Waals surface area contributed by atoms with Crippen LogP contribution in [0.1, 0.15) is 25.7 Å². The average molecular weight is 292 g/mol. The Balaban J connectivity index is 1.82. The van der Waals surface area contributed by atoms with Gasteiger partial charge in [-0.2, -0.15) is 0 Å². The van der Waals surface area contributed by atoms with Gasteiger partial charge in [0.25, 0.3) is 11.6 Å². The number of anilines is 1. The van der Waals surface area contributed by atoms with Gasteiger partial charge in [0, 0.05) is 17.8 Å². The van der Waals surface area contributed by atoms with Crippen LogP contribution >= 0.6 is 0 Å². The van der Waals surface area contributed by atoms with E-state index >= 15 is 0 Å². The average Bonchev–Trinajstić information content (AvgIpc) is 2.99. The number of amides is 1. The van der Waals surface area contributed by atoms with Gasteiger partial charge in [-0.25, -0.2) is 0 Å². The number of carbonyl (C=O) groups excluding carboxylic acids is 2. The Labute approximate surface area is 121 Å². The maximum Gasteiger partial charge on any atom is 0.309 e. The highest BCUT2D eigenvalue weighted by Gasteiger charge is 2.24. The van der Waals surface area contributed by atoms with E-state index in [0.29, 0.717) is 5.69 Å². The van der Waals surface area contributed by atoms with E-state index in [0.717, 1.165) is 25.7 Å². The van der Waals surface area contributed by atoms with Crippen molar-refractivity contribution in [2.75, 3.05) is 11.9 Å². The first-order valence-corrected chi connectivity index (χ1v) is 6.77. The number of esters is 1. The molecular weight excluding hydrogens is 276 g/mol. The number of nitrogens with zero attached hydrogens (tertiary/aromatic N) is 1. The van der Waals surface area contributed by atoms with Gasteiger partial charge >= 0.3 is 5.97 Å². The van der Waals surface area contributed by atoms with Crippen LogP contribution in [0.2, 0.25) is 0 Å². The van der Waals surface area contributed by atoms with Crippen molar-refractivity contribution in [3.05, 3.63) is 34.4 Å². The van der Waals surface area contributed by atoms with Crippen LogP contribution in [-0.4, -0.2) is 23.4 Å². The number of nitro groups is 1. The van der Waals surface area contributed by atoms with Gasteiger partial charge in [0.2, 0.25) is 0 Å². The number of hydrogen-bond acceptors (Lipinski definition) is 5. The standard InChI is InChI=1S/C14H16N2O5/c17-13(9-21-14(18)10-4-1-2-5-10)15-11-6-3-7-12(8-11)16(19)20/h3,6-8,10H,1-2,4-5,9H2,(H,15,17). The van der Waals surface area contributed by atoms with Gasteiger partial charge in [-0.05, 0) is 18.9 Å². The Morgan fingerprint density at radius 2 is 2.05 bits per heavy atom. The second-order valence-electron chi connectivity index (χ2n) is 4.94. The maximum atomic E-state index is 11.7. The molecule has 0 radical (unpaired) electrons. The van der Waals surface area contributed by atoms with Crippen molar-refractivity contribution >= 4 is 23.3 Å². The number of non-ortho nitro benzene ring substituents is 1. The Hall–Kier alpha value is -2.44. The molecule has 0 aliphatic heterocycles. The second-order valence-corrected chi connectivity index (χ2v) is 4.94. The molecule has 21 heavy (non-hydrogen) atoms. The molecule has 0 bridgehead atoms. The molecule has 0 atom stereocenters. The quantitative estimate of drug-likeness (QED) is 0.510. The summed E-state index contributed by atoms with van der Waals surface area (Å²) in [6, 6.07) is 5.58. The van der Waals surface area contributed by atoms with Gasteiger partial charge in [0.05, 0.1) is 10.8 Å². The van der Waals surface area contributed by atoms with Gasteiger partial charge in [-0.3, -0.25) is 19.7 Å². The predicted octanol–water partition coefficient (Wildman–Crippen LogP) is 2.27. The van der Waals surface area contributed by atoms with E-state index in [1.165, 1.54) is 24.3 Å². The van der Waals surface area contributed by atoms with Gasteiger partial charge in [-0.1, -0.05) is 18.9 Å². The van der Waals surface area contributed by atoms with E-state index in [4.69, 9.17) is 4.74 Å². The molecule has 1 aromatic rings. The molecule has 1 N–H and O–H groups in total. The van der Waals surface area contributed by atoms with Crippen LogP contribution in [0.4, 0.5) is 11.4 Å². The van der Waals surface area contributed by atoms with Gasteiger partial charge in [-0.15, -0.1) is 0 Å². The summed E-state index contributed by atoms with van der Waals surface area (Å²) in [4.78, 5) is 33.4. The molecule has 7 heteroatoms. The van der Waals surface area contributed by atoms with Crippen molar-refractivity contribution < 1.29 is 19.2 Å². The van der Waals surface area contributed by atoms with E-state index in [1.807, 2.05) is 0 Å². The van der Waals surface area contributed by atoms with Crippen molar-refractivity contribution in [2.45, 2.75) is 25.7 Å². The van der Waals surface area contributed by atoms with Crippen LogP contribution in [-0.2, 0) is 14.3 Å². The lowest BCUT2D eigenvalue weighted by atomic mass is 10.1. The monoisotopic (exact) mass is 292 g/mol. The maximum absolute atomic E-state index is 11.7. The molecule has 0 aromatic heterocycles. The summed E-state index contributed by atoms with van der Waals surface area (Å²) in [5.41, 5.74) is 0.182. The van der Waals surface area contributed by atoms with Crippen LogP contribution in [0.5, 0.6) is 0 Å². The summed E-state index contributed by atoms with van der Waals surface area (Å²) < 4.78 is 4.95. The molecule has 2 rings (SSSR count). The highest BCUT2D eigenvalue weighted by molar-refractivity contribution is 5.93. The molecule has 7 nitrogen and oxygen atoms in total. The number of rotatable bonds is 5. The zero-order valence-corrected chi connectivity index (χ0v) is 11.4. The van der Waals surface area contributed by atoms with Crippen molar-refractivity contribution in [2.24, 2.45) is 5.92 Å². The number of carbonyl (C=O) groups is 2. The fraction of sp³-hybridized carbons (Fsp3) is 0.429. The summed E-state index contributed by atoms with van der Waals surface area (Å²) in [5.74, 6) is -0.959. The second kappa shape index (κ2) is 6.83. The molecule has 0 heterocycles. The summed E-state index contributed by atoms with van der Waals surface area (Å²) in [6.07, 6.45) is 3.65. The minimum Gasteiger partial charge on any atom is -0.455 e. The first-order chi connectivity index (χ1) is 10.1. The molecule has 1 amide bonds. The van der Waals surface area contributed by atoms with Crippen molar-refractivity contribution in [3.8, 4) is 0 Å². The predicted molar refractivity (Wildman–Crippen MR) is 74.6 cm³/mol. The van der Waals surface area contributed by atoms with Crippen molar-refractivity contribution in [3.63, 3.8) is 0 Å². The molecule has 1 aliphatic carbocycles. The van der Waals surface area contributed by atoms with Gasteiger partial charge < -0.3 is 10.1 Å². The molecule has 1 aromatic carbocycles. The fourth-order valence-corrected chi connectivity index (χ4v) is 2.31. The Kier molecular flexibility index (Phi) is 4.86. The fourth-order valence-electron chi connectivity index (χ4n) is 2.31. The van der Waals surface area contributed by atoms with Crippen LogP contribution in [0.15, 0.2) is 24.3 Å². The van der Waals surface area contributed by atoms with E-state index < -0.39 is 10.8 Å². The van der Waals surface area contributed by atoms with Crippen molar-refractivity contribution in [1.82, 2.24) is 0 Å². The third-order valence-electron chi connectivity index (χ3n) is 3.37. The van der Waals surface area contributed by atoms with Crippen LogP contribution in [0.25, 0.3) is 0 Å². The lowest BCUT2D eigenvalue weighted by Crippen LogP contribution is -2.23. The SMILES string of the molecule is O=C(COC(=O)C1CCCC1)Nc1cccc([N+](=O)[O-])c1. The number of nitro benzene ring substituents is 1. The third kappa shape index (κ3) is 4.27.